The molecule has 0 amide bonds. The van der Waals surface area contributed by atoms with Gasteiger partial charge in [0.05, 0.1) is 0 Å². The largest absolute Gasteiger partial charge is 0.314 e. The van der Waals surface area contributed by atoms with Crippen LogP contribution >= 0.6 is 11.8 Å². The van der Waals surface area contributed by atoms with Gasteiger partial charge in [-0.05, 0) is 38.8 Å². The molecular formula is C13H23N3S. The summed E-state index contributed by atoms with van der Waals surface area (Å²) >= 11 is 1.76. The van der Waals surface area contributed by atoms with Crippen LogP contribution in [0.25, 0.3) is 0 Å². The molecule has 3 nitrogen and oxygen atoms in total. The number of nitrogens with one attached hydrogen (secondary N) is 1. The zero-order valence-corrected chi connectivity index (χ0v) is 11.9. The van der Waals surface area contributed by atoms with Gasteiger partial charge in [-0.1, -0.05) is 25.6 Å². The van der Waals surface area contributed by atoms with Crippen LogP contribution in [0.1, 0.15) is 38.8 Å². The fraction of sp³-hybridized carbons (Fsp3) is 0.692. The average Bonchev–Trinajstić information content (AvgIpc) is 2.33. The molecule has 1 unspecified atom stereocenters. The van der Waals surface area contributed by atoms with Gasteiger partial charge in [-0.25, -0.2) is 9.97 Å². The second-order valence-electron chi connectivity index (χ2n) is 4.13. The highest BCUT2D eigenvalue weighted by atomic mass is 32.2. The van der Waals surface area contributed by atoms with Gasteiger partial charge in [0.25, 0.3) is 0 Å². The summed E-state index contributed by atoms with van der Waals surface area (Å²) in [6.07, 6.45) is 5.49. The first kappa shape index (κ1) is 14.5. The molecule has 0 aliphatic carbocycles. The van der Waals surface area contributed by atoms with Crippen molar-refractivity contribution in [3.05, 3.63) is 18.0 Å². The smallest absolute Gasteiger partial charge is 0.187 e. The van der Waals surface area contributed by atoms with E-state index in [1.165, 1.54) is 19.3 Å². The number of rotatable bonds is 8. The van der Waals surface area contributed by atoms with Crippen LogP contribution in [0.2, 0.25) is 0 Å². The molecule has 0 saturated carbocycles. The van der Waals surface area contributed by atoms with E-state index in [0.29, 0.717) is 6.04 Å². The van der Waals surface area contributed by atoms with Crippen molar-refractivity contribution in [1.82, 2.24) is 15.3 Å². The molecule has 0 aromatic carbocycles. The van der Waals surface area contributed by atoms with Crippen LogP contribution in [-0.4, -0.2) is 28.3 Å². The standard InChI is InChI=1S/C13H23N3S/c1-4-12(14-5-2)7-6-10-17-13-15-9-8-11(3)16-13/h8-9,12,14H,4-7,10H2,1-3H3. The van der Waals surface area contributed by atoms with E-state index in [2.05, 4.69) is 29.1 Å². The van der Waals surface area contributed by atoms with Gasteiger partial charge in [-0.3, -0.25) is 0 Å². The minimum absolute atomic E-state index is 0.666. The third-order valence-electron chi connectivity index (χ3n) is 2.69. The maximum atomic E-state index is 4.38. The van der Waals surface area contributed by atoms with Crippen LogP contribution in [0.4, 0.5) is 0 Å². The van der Waals surface area contributed by atoms with E-state index in [-0.39, 0.29) is 0 Å². The van der Waals surface area contributed by atoms with Crippen molar-refractivity contribution in [3.63, 3.8) is 0 Å². The summed E-state index contributed by atoms with van der Waals surface area (Å²) in [6, 6.07) is 2.60. The molecule has 0 saturated heterocycles. The third-order valence-corrected chi connectivity index (χ3v) is 3.63. The Kier molecular flexibility index (Phi) is 7.21. The van der Waals surface area contributed by atoms with E-state index in [9.17, 15) is 0 Å². The van der Waals surface area contributed by atoms with E-state index in [0.717, 1.165) is 23.1 Å². The fourth-order valence-corrected chi connectivity index (χ4v) is 2.57. The van der Waals surface area contributed by atoms with E-state index >= 15 is 0 Å². The van der Waals surface area contributed by atoms with Gasteiger partial charge >= 0.3 is 0 Å². The topological polar surface area (TPSA) is 37.8 Å². The summed E-state index contributed by atoms with van der Waals surface area (Å²) in [5.74, 6) is 1.10. The second kappa shape index (κ2) is 8.48. The molecule has 1 aromatic rings. The van der Waals surface area contributed by atoms with Crippen LogP contribution in [0, 0.1) is 6.92 Å². The van der Waals surface area contributed by atoms with Gasteiger partial charge in [0.1, 0.15) is 0 Å². The average molecular weight is 253 g/mol. The third kappa shape index (κ3) is 6.03. The molecule has 1 N–H and O–H groups in total. The summed E-state index contributed by atoms with van der Waals surface area (Å²) in [7, 11) is 0. The van der Waals surface area contributed by atoms with Gasteiger partial charge in [0, 0.05) is 23.7 Å². The first-order valence-electron chi connectivity index (χ1n) is 6.42. The predicted octanol–water partition coefficient (Wildman–Crippen LogP) is 3.05. The van der Waals surface area contributed by atoms with Crippen LogP contribution in [0.5, 0.6) is 0 Å². The van der Waals surface area contributed by atoms with Gasteiger partial charge < -0.3 is 5.32 Å². The normalized spacial score (nSPS) is 12.6. The highest BCUT2D eigenvalue weighted by Gasteiger charge is 2.04. The van der Waals surface area contributed by atoms with Gasteiger partial charge in [-0.2, -0.15) is 0 Å². The number of hydrogen-bond acceptors (Lipinski definition) is 4. The Labute approximate surface area is 109 Å². The Morgan fingerprint density at radius 2 is 2.24 bits per heavy atom. The van der Waals surface area contributed by atoms with Crippen LogP contribution < -0.4 is 5.32 Å². The summed E-state index contributed by atoms with van der Waals surface area (Å²) < 4.78 is 0. The van der Waals surface area contributed by atoms with E-state index in [4.69, 9.17) is 0 Å². The van der Waals surface area contributed by atoms with Gasteiger partial charge in [0.15, 0.2) is 5.16 Å². The minimum Gasteiger partial charge on any atom is -0.314 e. The van der Waals surface area contributed by atoms with Crippen molar-refractivity contribution >= 4 is 11.8 Å². The maximum Gasteiger partial charge on any atom is 0.187 e. The SMILES string of the molecule is CCNC(CC)CCCSc1nccc(C)n1. The molecule has 1 atom stereocenters. The summed E-state index contributed by atoms with van der Waals surface area (Å²) in [4.78, 5) is 8.63. The minimum atomic E-state index is 0.666. The summed E-state index contributed by atoms with van der Waals surface area (Å²) in [5, 5.41) is 4.40. The van der Waals surface area contributed by atoms with Crippen molar-refractivity contribution in [2.75, 3.05) is 12.3 Å². The molecule has 0 bridgehead atoms. The summed E-state index contributed by atoms with van der Waals surface area (Å²) in [6.45, 7) is 7.47. The molecule has 96 valence electrons. The van der Waals surface area contributed by atoms with Crippen LogP contribution in [0.3, 0.4) is 0 Å². The zero-order chi connectivity index (χ0) is 12.5. The molecular weight excluding hydrogens is 230 g/mol. The van der Waals surface area contributed by atoms with Crippen molar-refractivity contribution in [2.45, 2.75) is 51.2 Å². The molecule has 1 rings (SSSR count). The van der Waals surface area contributed by atoms with Crippen LogP contribution in [-0.2, 0) is 0 Å². The van der Waals surface area contributed by atoms with Crippen molar-refractivity contribution < 1.29 is 0 Å². The summed E-state index contributed by atoms with van der Waals surface area (Å²) in [5.41, 5.74) is 1.04. The number of thioether (sulfide) groups is 1. The maximum absolute atomic E-state index is 4.38. The molecule has 1 heterocycles. The lowest BCUT2D eigenvalue weighted by Gasteiger charge is -2.14. The molecule has 0 radical (unpaired) electrons. The molecule has 0 spiro atoms. The lowest BCUT2D eigenvalue weighted by Crippen LogP contribution is -2.28. The molecule has 1 aromatic heterocycles. The van der Waals surface area contributed by atoms with Gasteiger partial charge in [0.2, 0.25) is 0 Å². The van der Waals surface area contributed by atoms with Crippen LogP contribution in [0.15, 0.2) is 17.4 Å². The number of nitrogens with zero attached hydrogens (tertiary/aromatic N) is 2. The quantitative estimate of drug-likeness (QED) is 0.439. The zero-order valence-electron chi connectivity index (χ0n) is 11.1. The molecule has 0 aliphatic rings. The van der Waals surface area contributed by atoms with Gasteiger partial charge in [-0.15, -0.1) is 0 Å². The van der Waals surface area contributed by atoms with E-state index in [1.807, 2.05) is 19.2 Å². The second-order valence-corrected chi connectivity index (χ2v) is 5.20. The highest BCUT2D eigenvalue weighted by Crippen LogP contribution is 2.15. The Morgan fingerprint density at radius 1 is 1.41 bits per heavy atom. The Morgan fingerprint density at radius 3 is 2.88 bits per heavy atom. The molecule has 0 fully saturated rings. The Bertz CT molecular complexity index is 317. The first-order chi connectivity index (χ1) is 8.26. The molecule has 4 heteroatoms. The van der Waals surface area contributed by atoms with E-state index < -0.39 is 0 Å². The number of hydrogen-bond donors (Lipinski definition) is 1. The highest BCUT2D eigenvalue weighted by molar-refractivity contribution is 7.99. The monoisotopic (exact) mass is 253 g/mol. The first-order valence-corrected chi connectivity index (χ1v) is 7.40. The predicted molar refractivity (Wildman–Crippen MR) is 74.5 cm³/mol. The lowest BCUT2D eigenvalue weighted by atomic mass is 10.1. The fourth-order valence-electron chi connectivity index (χ4n) is 1.73. The van der Waals surface area contributed by atoms with Crippen molar-refractivity contribution in [2.24, 2.45) is 0 Å². The number of aryl methyl sites for hydroxylation is 1. The molecule has 17 heavy (non-hydrogen) atoms. The van der Waals surface area contributed by atoms with E-state index in [1.54, 1.807) is 11.8 Å². The van der Waals surface area contributed by atoms with Crippen molar-refractivity contribution in [3.8, 4) is 0 Å². The van der Waals surface area contributed by atoms with Crippen molar-refractivity contribution in [1.29, 1.82) is 0 Å². The Balaban J connectivity index is 2.19. The lowest BCUT2D eigenvalue weighted by molar-refractivity contribution is 0.477. The Hall–Kier alpha value is -0.610. The molecule has 0 aliphatic heterocycles. The number of aromatic nitrogens is 2.